The number of hydrogen-bond acceptors (Lipinski definition) is 5. The molecule has 3 rings (SSSR count). The summed E-state index contributed by atoms with van der Waals surface area (Å²) in [6.07, 6.45) is 3.42. The van der Waals surface area contributed by atoms with Gasteiger partial charge in [0, 0.05) is 13.0 Å². The van der Waals surface area contributed by atoms with Crippen molar-refractivity contribution in [1.29, 1.82) is 0 Å². The highest BCUT2D eigenvalue weighted by atomic mass is 16.5. The van der Waals surface area contributed by atoms with Gasteiger partial charge in [0.2, 0.25) is 11.7 Å². The van der Waals surface area contributed by atoms with E-state index in [0.29, 0.717) is 34.9 Å². The number of ether oxygens (including phenoxy) is 1. The standard InChI is InChI=1S/C19H25N3O3/c1-12-7-6-9-16(13(12)2)21-19(23)15-8-4-5-10-17(15)24-11-18-20-14(3)25-22-18/h4-5,8,10,12-13,16H,6-7,9,11H2,1-3H3,(H,21,23). The molecule has 1 heterocycles. The van der Waals surface area contributed by atoms with Crippen LogP contribution in [0.3, 0.4) is 0 Å². The number of nitrogens with one attached hydrogen (secondary N) is 1. The second-order valence-electron chi connectivity index (χ2n) is 6.86. The Kier molecular flexibility index (Phi) is 5.36. The molecule has 1 aliphatic rings. The zero-order valence-electron chi connectivity index (χ0n) is 15.0. The van der Waals surface area contributed by atoms with E-state index in [-0.39, 0.29) is 18.6 Å². The van der Waals surface area contributed by atoms with Crippen molar-refractivity contribution in [2.45, 2.75) is 52.7 Å². The Morgan fingerprint density at radius 3 is 2.88 bits per heavy atom. The average molecular weight is 343 g/mol. The third-order valence-corrected chi connectivity index (χ3v) is 5.08. The zero-order chi connectivity index (χ0) is 17.8. The predicted molar refractivity (Wildman–Crippen MR) is 93.2 cm³/mol. The quantitative estimate of drug-likeness (QED) is 0.899. The first kappa shape index (κ1) is 17.5. The molecule has 0 spiro atoms. The van der Waals surface area contributed by atoms with Crippen molar-refractivity contribution >= 4 is 5.91 Å². The molecule has 2 aromatic rings. The number of aryl methyl sites for hydroxylation is 1. The fraction of sp³-hybridized carbons (Fsp3) is 0.526. The van der Waals surface area contributed by atoms with Crippen LogP contribution in [0, 0.1) is 18.8 Å². The van der Waals surface area contributed by atoms with E-state index >= 15 is 0 Å². The molecule has 1 aromatic carbocycles. The normalized spacial score (nSPS) is 23.2. The molecule has 0 bridgehead atoms. The van der Waals surface area contributed by atoms with Gasteiger partial charge in [0.05, 0.1) is 5.56 Å². The predicted octanol–water partition coefficient (Wildman–Crippen LogP) is 3.51. The Labute approximate surface area is 148 Å². The van der Waals surface area contributed by atoms with E-state index in [1.165, 1.54) is 6.42 Å². The van der Waals surface area contributed by atoms with Crippen LogP contribution >= 0.6 is 0 Å². The summed E-state index contributed by atoms with van der Waals surface area (Å²) in [4.78, 5) is 16.9. The lowest BCUT2D eigenvalue weighted by Crippen LogP contribution is -2.43. The molecule has 1 fully saturated rings. The molecule has 0 saturated heterocycles. The lowest BCUT2D eigenvalue weighted by molar-refractivity contribution is 0.0886. The van der Waals surface area contributed by atoms with Crippen LogP contribution in [-0.2, 0) is 6.61 Å². The summed E-state index contributed by atoms with van der Waals surface area (Å²) in [5.41, 5.74) is 0.535. The Morgan fingerprint density at radius 1 is 1.32 bits per heavy atom. The van der Waals surface area contributed by atoms with E-state index < -0.39 is 0 Å². The van der Waals surface area contributed by atoms with Crippen LogP contribution in [0.25, 0.3) is 0 Å². The Bertz CT molecular complexity index is 728. The number of benzene rings is 1. The van der Waals surface area contributed by atoms with Crippen LogP contribution in [-0.4, -0.2) is 22.1 Å². The summed E-state index contributed by atoms with van der Waals surface area (Å²) in [6, 6.07) is 7.47. The maximum Gasteiger partial charge on any atom is 0.255 e. The van der Waals surface area contributed by atoms with Crippen molar-refractivity contribution in [2.75, 3.05) is 0 Å². The largest absolute Gasteiger partial charge is 0.485 e. The SMILES string of the molecule is Cc1nc(COc2ccccc2C(=O)NC2CCCC(C)C2C)no1. The van der Waals surface area contributed by atoms with Crippen LogP contribution in [0.1, 0.15) is 55.2 Å². The Hall–Kier alpha value is -2.37. The maximum atomic E-state index is 12.8. The molecule has 1 aliphatic carbocycles. The summed E-state index contributed by atoms with van der Waals surface area (Å²) < 4.78 is 10.7. The smallest absolute Gasteiger partial charge is 0.255 e. The van der Waals surface area contributed by atoms with Crippen molar-refractivity contribution < 1.29 is 14.1 Å². The number of carbonyl (C=O) groups is 1. The summed E-state index contributed by atoms with van der Waals surface area (Å²) in [5.74, 6) is 2.50. The molecule has 0 aliphatic heterocycles. The number of para-hydroxylation sites is 1. The number of amides is 1. The first-order valence-corrected chi connectivity index (χ1v) is 8.86. The van der Waals surface area contributed by atoms with Gasteiger partial charge in [-0.05, 0) is 30.4 Å². The van der Waals surface area contributed by atoms with Gasteiger partial charge in [0.15, 0.2) is 6.61 Å². The van der Waals surface area contributed by atoms with Crippen molar-refractivity contribution in [3.05, 3.63) is 41.5 Å². The van der Waals surface area contributed by atoms with Gasteiger partial charge in [-0.25, -0.2) is 0 Å². The topological polar surface area (TPSA) is 77.2 Å². The van der Waals surface area contributed by atoms with E-state index in [0.717, 1.165) is 12.8 Å². The summed E-state index contributed by atoms with van der Waals surface area (Å²) in [5, 5.41) is 6.99. The van der Waals surface area contributed by atoms with E-state index in [1.54, 1.807) is 19.1 Å². The molecule has 1 saturated carbocycles. The Morgan fingerprint density at radius 2 is 2.12 bits per heavy atom. The van der Waals surface area contributed by atoms with Crippen LogP contribution in [0.4, 0.5) is 0 Å². The van der Waals surface area contributed by atoms with E-state index in [4.69, 9.17) is 9.26 Å². The molecule has 1 aromatic heterocycles. The van der Waals surface area contributed by atoms with Crippen molar-refractivity contribution in [2.24, 2.45) is 11.8 Å². The molecule has 134 valence electrons. The fourth-order valence-electron chi connectivity index (χ4n) is 3.35. The summed E-state index contributed by atoms with van der Waals surface area (Å²) >= 11 is 0. The highest BCUT2D eigenvalue weighted by molar-refractivity contribution is 5.97. The van der Waals surface area contributed by atoms with Gasteiger partial charge in [-0.2, -0.15) is 4.98 Å². The number of aromatic nitrogens is 2. The second kappa shape index (κ2) is 7.68. The maximum absolute atomic E-state index is 12.8. The average Bonchev–Trinajstić information content (AvgIpc) is 3.03. The van der Waals surface area contributed by atoms with Crippen LogP contribution in [0.5, 0.6) is 5.75 Å². The molecular formula is C19H25N3O3. The van der Waals surface area contributed by atoms with E-state index in [1.807, 2.05) is 12.1 Å². The Balaban J connectivity index is 1.68. The third-order valence-electron chi connectivity index (χ3n) is 5.08. The fourth-order valence-corrected chi connectivity index (χ4v) is 3.35. The van der Waals surface area contributed by atoms with Gasteiger partial charge in [-0.15, -0.1) is 0 Å². The third kappa shape index (κ3) is 4.18. The van der Waals surface area contributed by atoms with Crippen molar-refractivity contribution in [1.82, 2.24) is 15.5 Å². The summed E-state index contributed by atoms with van der Waals surface area (Å²) in [7, 11) is 0. The molecule has 6 nitrogen and oxygen atoms in total. The molecule has 6 heteroatoms. The van der Waals surface area contributed by atoms with Gasteiger partial charge < -0.3 is 14.6 Å². The first-order valence-electron chi connectivity index (χ1n) is 8.86. The van der Waals surface area contributed by atoms with Crippen LogP contribution < -0.4 is 10.1 Å². The number of hydrogen-bond donors (Lipinski definition) is 1. The van der Waals surface area contributed by atoms with Crippen molar-refractivity contribution in [3.63, 3.8) is 0 Å². The van der Waals surface area contributed by atoms with Gasteiger partial charge in [0.1, 0.15) is 5.75 Å². The molecule has 0 radical (unpaired) electrons. The minimum absolute atomic E-state index is 0.0918. The van der Waals surface area contributed by atoms with E-state index in [2.05, 4.69) is 29.3 Å². The van der Waals surface area contributed by atoms with Crippen LogP contribution in [0.15, 0.2) is 28.8 Å². The van der Waals surface area contributed by atoms with Crippen molar-refractivity contribution in [3.8, 4) is 5.75 Å². The monoisotopic (exact) mass is 343 g/mol. The molecule has 25 heavy (non-hydrogen) atoms. The number of rotatable bonds is 5. The minimum Gasteiger partial charge on any atom is -0.485 e. The first-order chi connectivity index (χ1) is 12.0. The van der Waals surface area contributed by atoms with Gasteiger partial charge >= 0.3 is 0 Å². The molecule has 3 unspecified atom stereocenters. The van der Waals surface area contributed by atoms with Gasteiger partial charge in [-0.3, -0.25) is 4.79 Å². The molecule has 1 amide bonds. The lowest BCUT2D eigenvalue weighted by atomic mass is 9.78. The molecule has 3 atom stereocenters. The highest BCUT2D eigenvalue weighted by Crippen LogP contribution is 2.30. The number of nitrogens with zero attached hydrogens (tertiary/aromatic N) is 2. The lowest BCUT2D eigenvalue weighted by Gasteiger charge is -2.34. The number of carbonyl (C=O) groups excluding carboxylic acids is 1. The van der Waals surface area contributed by atoms with Gasteiger partial charge in [0.25, 0.3) is 5.91 Å². The van der Waals surface area contributed by atoms with E-state index in [9.17, 15) is 4.79 Å². The zero-order valence-corrected chi connectivity index (χ0v) is 15.0. The van der Waals surface area contributed by atoms with Gasteiger partial charge in [-0.1, -0.05) is 44.0 Å². The minimum atomic E-state index is -0.0918. The summed E-state index contributed by atoms with van der Waals surface area (Å²) in [6.45, 7) is 6.37. The molecular weight excluding hydrogens is 318 g/mol. The van der Waals surface area contributed by atoms with Crippen LogP contribution in [0.2, 0.25) is 0 Å². The molecule has 1 N–H and O–H groups in total. The highest BCUT2D eigenvalue weighted by Gasteiger charge is 2.29. The second-order valence-corrected chi connectivity index (χ2v) is 6.86.